The molecule has 4 heteroatoms. The molecule has 0 aromatic carbocycles. The van der Waals surface area contributed by atoms with Gasteiger partial charge in [-0.3, -0.25) is 10.1 Å². The Morgan fingerprint density at radius 2 is 2.09 bits per heavy atom. The van der Waals surface area contributed by atoms with Gasteiger partial charge in [-0.25, -0.2) is 0 Å². The number of thioether (sulfide) groups is 1. The normalized spacial score (nSPS) is 28.9. The maximum atomic E-state index is 10.9. The van der Waals surface area contributed by atoms with E-state index in [1.54, 1.807) is 0 Å². The molecule has 0 aromatic rings. The number of carbonyl (C=O) groups is 1. The van der Waals surface area contributed by atoms with E-state index in [9.17, 15) is 4.79 Å². The third-order valence-electron chi connectivity index (χ3n) is 2.31. The van der Waals surface area contributed by atoms with E-state index >= 15 is 0 Å². The quantitative estimate of drug-likeness (QED) is 0.537. The van der Waals surface area contributed by atoms with Gasteiger partial charge in [-0.2, -0.15) is 11.8 Å². The molecule has 0 radical (unpaired) electrons. The first kappa shape index (κ1) is 7.43. The van der Waals surface area contributed by atoms with E-state index in [1.807, 2.05) is 11.8 Å². The Bertz CT molecular complexity index is 177. The minimum atomic E-state index is -0.0255. The van der Waals surface area contributed by atoms with Gasteiger partial charge in [-0.15, -0.1) is 0 Å². The predicted octanol–water partition coefficient (Wildman–Crippen LogP) is -0.0709. The minimum absolute atomic E-state index is 0.0255. The van der Waals surface area contributed by atoms with Crippen molar-refractivity contribution < 1.29 is 4.79 Å². The molecule has 1 amide bonds. The number of amides is 1. The van der Waals surface area contributed by atoms with Gasteiger partial charge in [-0.05, 0) is 24.3 Å². The van der Waals surface area contributed by atoms with E-state index in [1.165, 1.54) is 0 Å². The lowest BCUT2D eigenvalue weighted by Crippen LogP contribution is -2.52. The van der Waals surface area contributed by atoms with Gasteiger partial charge in [0.05, 0.1) is 12.2 Å². The summed E-state index contributed by atoms with van der Waals surface area (Å²) in [5, 5.41) is 6.25. The fourth-order valence-electron chi connectivity index (χ4n) is 1.63. The second-order valence-corrected chi connectivity index (χ2v) is 4.32. The van der Waals surface area contributed by atoms with Crippen LogP contribution in [-0.2, 0) is 4.79 Å². The van der Waals surface area contributed by atoms with Crippen LogP contribution in [0.3, 0.4) is 0 Å². The molecule has 0 atom stereocenters. The van der Waals surface area contributed by atoms with Crippen molar-refractivity contribution in [2.24, 2.45) is 0 Å². The summed E-state index contributed by atoms with van der Waals surface area (Å²) >= 11 is 1.97. The highest BCUT2D eigenvalue weighted by molar-refractivity contribution is 7.99. The van der Waals surface area contributed by atoms with E-state index in [0.717, 1.165) is 24.3 Å². The Kier molecular flexibility index (Phi) is 1.81. The van der Waals surface area contributed by atoms with Gasteiger partial charge >= 0.3 is 0 Å². The molecule has 11 heavy (non-hydrogen) atoms. The van der Waals surface area contributed by atoms with E-state index in [-0.39, 0.29) is 11.6 Å². The molecule has 0 bridgehead atoms. The van der Waals surface area contributed by atoms with Crippen LogP contribution < -0.4 is 10.6 Å². The van der Waals surface area contributed by atoms with Crippen molar-refractivity contribution >= 4 is 17.7 Å². The fraction of sp³-hybridized carbons (Fsp3) is 0.857. The van der Waals surface area contributed by atoms with Crippen molar-refractivity contribution in [2.45, 2.75) is 18.5 Å². The molecule has 0 aromatic heterocycles. The Labute approximate surface area is 70.3 Å². The molecule has 62 valence electrons. The Morgan fingerprint density at radius 1 is 1.36 bits per heavy atom. The average molecular weight is 172 g/mol. The molecule has 2 fully saturated rings. The second kappa shape index (κ2) is 2.68. The number of hydrogen-bond acceptors (Lipinski definition) is 3. The molecule has 2 aliphatic heterocycles. The summed E-state index contributed by atoms with van der Waals surface area (Å²) in [6, 6.07) is 0. The topological polar surface area (TPSA) is 41.1 Å². The zero-order chi connectivity index (χ0) is 7.73. The largest absolute Gasteiger partial charge is 0.337 e. The van der Waals surface area contributed by atoms with Crippen LogP contribution in [0.15, 0.2) is 0 Å². The molecule has 1 spiro atoms. The lowest BCUT2D eigenvalue weighted by Gasteiger charge is -2.32. The third-order valence-corrected chi connectivity index (χ3v) is 3.30. The SMILES string of the molecule is O=C1CNC2(CCSCC2)N1. The van der Waals surface area contributed by atoms with Crippen molar-refractivity contribution in [1.82, 2.24) is 10.6 Å². The molecule has 2 rings (SSSR count). The molecular formula is C7H12N2OS. The average Bonchev–Trinajstić information content (AvgIpc) is 2.34. The van der Waals surface area contributed by atoms with Crippen LogP contribution in [-0.4, -0.2) is 29.6 Å². The number of hydrogen-bond donors (Lipinski definition) is 2. The molecule has 2 heterocycles. The van der Waals surface area contributed by atoms with Crippen LogP contribution in [0.5, 0.6) is 0 Å². The summed E-state index contributed by atoms with van der Waals surface area (Å²) in [5.41, 5.74) is -0.0255. The van der Waals surface area contributed by atoms with E-state index < -0.39 is 0 Å². The molecule has 3 nitrogen and oxygen atoms in total. The molecule has 2 saturated heterocycles. The highest BCUT2D eigenvalue weighted by Crippen LogP contribution is 2.26. The molecule has 2 N–H and O–H groups in total. The monoisotopic (exact) mass is 172 g/mol. The summed E-state index contributed by atoms with van der Waals surface area (Å²) in [4.78, 5) is 10.9. The highest BCUT2D eigenvalue weighted by atomic mass is 32.2. The summed E-state index contributed by atoms with van der Waals surface area (Å²) in [5.74, 6) is 2.47. The zero-order valence-electron chi connectivity index (χ0n) is 6.35. The van der Waals surface area contributed by atoms with Crippen molar-refractivity contribution in [3.8, 4) is 0 Å². The number of carbonyl (C=O) groups excluding carboxylic acids is 1. The lowest BCUT2D eigenvalue weighted by molar-refractivity contribution is -0.118. The summed E-state index contributed by atoms with van der Waals surface area (Å²) in [6.07, 6.45) is 2.15. The predicted molar refractivity (Wildman–Crippen MR) is 45.4 cm³/mol. The molecule has 0 unspecified atom stereocenters. The third kappa shape index (κ3) is 1.37. The standard InChI is InChI=1S/C7H12N2OS/c10-6-5-8-7(9-6)1-3-11-4-2-7/h8H,1-5H2,(H,9,10). The van der Waals surface area contributed by atoms with Crippen molar-refractivity contribution in [3.63, 3.8) is 0 Å². The van der Waals surface area contributed by atoms with Crippen LogP contribution in [0, 0.1) is 0 Å². The van der Waals surface area contributed by atoms with Crippen LogP contribution in [0.1, 0.15) is 12.8 Å². The maximum Gasteiger partial charge on any atom is 0.235 e. The summed E-state index contributed by atoms with van der Waals surface area (Å²) in [7, 11) is 0. The minimum Gasteiger partial charge on any atom is -0.337 e. The summed E-state index contributed by atoms with van der Waals surface area (Å²) in [6.45, 7) is 0.505. The Hall–Kier alpha value is -0.220. The maximum absolute atomic E-state index is 10.9. The summed E-state index contributed by atoms with van der Waals surface area (Å²) < 4.78 is 0. The Morgan fingerprint density at radius 3 is 2.64 bits per heavy atom. The van der Waals surface area contributed by atoms with Gasteiger partial charge in [0.15, 0.2) is 0 Å². The smallest absolute Gasteiger partial charge is 0.235 e. The van der Waals surface area contributed by atoms with Gasteiger partial charge in [0, 0.05) is 0 Å². The van der Waals surface area contributed by atoms with Gasteiger partial charge in [0.25, 0.3) is 0 Å². The van der Waals surface area contributed by atoms with Crippen LogP contribution in [0.4, 0.5) is 0 Å². The van der Waals surface area contributed by atoms with E-state index in [4.69, 9.17) is 0 Å². The molecule has 2 aliphatic rings. The number of nitrogens with one attached hydrogen (secondary N) is 2. The van der Waals surface area contributed by atoms with Gasteiger partial charge in [-0.1, -0.05) is 0 Å². The van der Waals surface area contributed by atoms with Gasteiger partial charge in [0.2, 0.25) is 5.91 Å². The first-order chi connectivity index (χ1) is 5.31. The van der Waals surface area contributed by atoms with Crippen LogP contribution >= 0.6 is 11.8 Å². The lowest BCUT2D eigenvalue weighted by atomic mass is 10.1. The zero-order valence-corrected chi connectivity index (χ0v) is 7.17. The van der Waals surface area contributed by atoms with Gasteiger partial charge in [0.1, 0.15) is 0 Å². The van der Waals surface area contributed by atoms with Gasteiger partial charge < -0.3 is 5.32 Å². The van der Waals surface area contributed by atoms with Crippen LogP contribution in [0.25, 0.3) is 0 Å². The molecule has 0 saturated carbocycles. The Balaban J connectivity index is 2.03. The molecule has 0 aliphatic carbocycles. The fourth-order valence-corrected chi connectivity index (χ4v) is 2.82. The van der Waals surface area contributed by atoms with Crippen LogP contribution in [0.2, 0.25) is 0 Å². The second-order valence-electron chi connectivity index (χ2n) is 3.10. The van der Waals surface area contributed by atoms with Crippen molar-refractivity contribution in [2.75, 3.05) is 18.1 Å². The van der Waals surface area contributed by atoms with Crippen molar-refractivity contribution in [1.29, 1.82) is 0 Å². The first-order valence-electron chi connectivity index (χ1n) is 3.95. The number of rotatable bonds is 0. The van der Waals surface area contributed by atoms with E-state index in [0.29, 0.717) is 6.54 Å². The molecular weight excluding hydrogens is 160 g/mol. The first-order valence-corrected chi connectivity index (χ1v) is 5.10. The van der Waals surface area contributed by atoms with Crippen molar-refractivity contribution in [3.05, 3.63) is 0 Å². The van der Waals surface area contributed by atoms with E-state index in [2.05, 4.69) is 10.6 Å². The highest BCUT2D eigenvalue weighted by Gasteiger charge is 2.37.